The molecular weight excluding hydrogens is 318 g/mol. The van der Waals surface area contributed by atoms with E-state index < -0.39 is 17.7 Å². The number of ketones is 1. The van der Waals surface area contributed by atoms with Crippen molar-refractivity contribution in [2.24, 2.45) is 0 Å². The first kappa shape index (κ1) is 16.4. The fourth-order valence-corrected chi connectivity index (χ4v) is 4.63. The van der Waals surface area contributed by atoms with Gasteiger partial charge in [0.1, 0.15) is 6.04 Å². The van der Waals surface area contributed by atoms with Crippen LogP contribution in [-0.2, 0) is 4.79 Å². The van der Waals surface area contributed by atoms with Crippen molar-refractivity contribution in [2.45, 2.75) is 56.8 Å². The monoisotopic (exact) mass is 341 g/mol. The molecule has 4 rings (SSSR count). The second kappa shape index (κ2) is 5.75. The Bertz CT molecular complexity index is 889. The van der Waals surface area contributed by atoms with E-state index >= 15 is 0 Å². The van der Waals surface area contributed by atoms with Gasteiger partial charge in [-0.25, -0.2) is 4.98 Å². The molecule has 3 heterocycles. The van der Waals surface area contributed by atoms with Gasteiger partial charge in [-0.1, -0.05) is 12.1 Å². The molecule has 1 aromatic heterocycles. The quantitative estimate of drug-likeness (QED) is 0.851. The predicted octanol–water partition coefficient (Wildman–Crippen LogP) is 1.51. The second-order valence-corrected chi connectivity index (χ2v) is 7.67. The summed E-state index contributed by atoms with van der Waals surface area (Å²) in [6.07, 6.45) is 2.91. The Kier molecular flexibility index (Phi) is 3.77. The first-order valence-electron chi connectivity index (χ1n) is 8.84. The van der Waals surface area contributed by atoms with E-state index in [-0.39, 0.29) is 23.8 Å². The van der Waals surface area contributed by atoms with Gasteiger partial charge in [-0.05, 0) is 45.4 Å². The Labute approximate surface area is 146 Å². The van der Waals surface area contributed by atoms with Crippen LogP contribution in [0.4, 0.5) is 0 Å². The molecule has 6 nitrogen and oxygen atoms in total. The average Bonchev–Trinajstić information content (AvgIpc) is 2.58. The number of carbonyl (C=O) groups excluding carboxylic acids is 1. The van der Waals surface area contributed by atoms with Crippen molar-refractivity contribution in [3.8, 4) is 0 Å². The van der Waals surface area contributed by atoms with Gasteiger partial charge in [-0.2, -0.15) is 0 Å². The van der Waals surface area contributed by atoms with Crippen molar-refractivity contribution in [3.05, 3.63) is 40.9 Å². The number of carbonyl (C=O) groups is 1. The number of nitrogens with zero attached hydrogens (tertiary/aromatic N) is 3. The van der Waals surface area contributed by atoms with Gasteiger partial charge >= 0.3 is 0 Å². The average molecular weight is 341 g/mol. The zero-order valence-electron chi connectivity index (χ0n) is 14.6. The SMILES string of the molecule is CC1(C)[C@H](n2cnc3ccccc3c2=O)C(=O)C[C@H]2[C@H](O)CCCN21. The third-order valence-corrected chi connectivity index (χ3v) is 5.84. The highest BCUT2D eigenvalue weighted by Crippen LogP contribution is 2.40. The van der Waals surface area contributed by atoms with Crippen molar-refractivity contribution < 1.29 is 9.90 Å². The van der Waals surface area contributed by atoms with Crippen LogP contribution in [0.25, 0.3) is 10.9 Å². The summed E-state index contributed by atoms with van der Waals surface area (Å²) >= 11 is 0. The minimum atomic E-state index is -0.598. The molecule has 2 saturated heterocycles. The van der Waals surface area contributed by atoms with Gasteiger partial charge < -0.3 is 5.11 Å². The summed E-state index contributed by atoms with van der Waals surface area (Å²) in [6.45, 7) is 4.80. The van der Waals surface area contributed by atoms with Crippen LogP contribution in [0.5, 0.6) is 0 Å². The van der Waals surface area contributed by atoms with Crippen LogP contribution in [-0.4, -0.2) is 49.6 Å². The molecule has 0 spiro atoms. The first-order chi connectivity index (χ1) is 11.9. The van der Waals surface area contributed by atoms with Crippen molar-refractivity contribution in [2.75, 3.05) is 6.54 Å². The van der Waals surface area contributed by atoms with E-state index in [9.17, 15) is 14.7 Å². The lowest BCUT2D eigenvalue weighted by atomic mass is 9.76. The summed E-state index contributed by atoms with van der Waals surface area (Å²) in [6, 6.07) is 6.44. The lowest BCUT2D eigenvalue weighted by molar-refractivity contribution is -0.145. The van der Waals surface area contributed by atoms with Gasteiger partial charge in [0, 0.05) is 18.0 Å². The number of hydrogen-bond donors (Lipinski definition) is 1. The van der Waals surface area contributed by atoms with Gasteiger partial charge in [-0.15, -0.1) is 0 Å². The molecule has 2 aliphatic rings. The molecule has 0 aliphatic carbocycles. The molecule has 0 unspecified atom stereocenters. The molecular formula is C19H23N3O3. The zero-order chi connectivity index (χ0) is 17.8. The third-order valence-electron chi connectivity index (χ3n) is 5.84. The van der Waals surface area contributed by atoms with Gasteiger partial charge in [0.05, 0.1) is 23.3 Å². The lowest BCUT2D eigenvalue weighted by Crippen LogP contribution is -2.66. The molecule has 2 aliphatic heterocycles. The second-order valence-electron chi connectivity index (χ2n) is 7.67. The third kappa shape index (κ3) is 2.43. The van der Waals surface area contributed by atoms with Gasteiger partial charge in [0.2, 0.25) is 0 Å². The van der Waals surface area contributed by atoms with E-state index in [0.717, 1.165) is 19.4 Å². The maximum Gasteiger partial charge on any atom is 0.261 e. The number of aliphatic hydroxyl groups is 1. The minimum Gasteiger partial charge on any atom is -0.391 e. The molecule has 2 fully saturated rings. The molecule has 25 heavy (non-hydrogen) atoms. The maximum absolute atomic E-state index is 13.0. The van der Waals surface area contributed by atoms with Crippen molar-refractivity contribution in [1.82, 2.24) is 14.5 Å². The lowest BCUT2D eigenvalue weighted by Gasteiger charge is -2.54. The molecule has 3 atom stereocenters. The van der Waals surface area contributed by atoms with Crippen LogP contribution in [0.15, 0.2) is 35.4 Å². The van der Waals surface area contributed by atoms with Crippen molar-refractivity contribution >= 4 is 16.7 Å². The molecule has 0 amide bonds. The largest absolute Gasteiger partial charge is 0.391 e. The Hall–Kier alpha value is -2.05. The molecule has 0 radical (unpaired) electrons. The van der Waals surface area contributed by atoms with Crippen LogP contribution in [0.3, 0.4) is 0 Å². The summed E-state index contributed by atoms with van der Waals surface area (Å²) in [7, 11) is 0. The molecule has 6 heteroatoms. The van der Waals surface area contributed by atoms with E-state index in [0.29, 0.717) is 10.9 Å². The number of aromatic nitrogens is 2. The van der Waals surface area contributed by atoms with Crippen LogP contribution in [0.2, 0.25) is 0 Å². The fraction of sp³-hybridized carbons (Fsp3) is 0.526. The number of Topliss-reactive ketones (excluding diaryl/α,β-unsaturated/α-hetero) is 1. The van der Waals surface area contributed by atoms with Crippen LogP contribution >= 0.6 is 0 Å². The standard InChI is InChI=1S/C19H23N3O3/c1-19(2)17(16(24)10-14-15(23)8-5-9-22(14)19)21-11-20-13-7-4-3-6-12(13)18(21)25/h3-4,6-7,11,14-15,17,23H,5,8-10H2,1-2H3/t14-,15+,17+/m0/s1. The van der Waals surface area contributed by atoms with Crippen LogP contribution in [0, 0.1) is 0 Å². The predicted molar refractivity (Wildman–Crippen MR) is 94.5 cm³/mol. The van der Waals surface area contributed by atoms with Gasteiger partial charge in [0.15, 0.2) is 5.78 Å². The van der Waals surface area contributed by atoms with Crippen LogP contribution in [0.1, 0.15) is 39.2 Å². The summed E-state index contributed by atoms with van der Waals surface area (Å²) in [4.78, 5) is 32.5. The zero-order valence-corrected chi connectivity index (χ0v) is 14.6. The van der Waals surface area contributed by atoms with Crippen molar-refractivity contribution in [3.63, 3.8) is 0 Å². The van der Waals surface area contributed by atoms with E-state index in [1.807, 2.05) is 19.9 Å². The minimum absolute atomic E-state index is 0.00798. The first-order valence-corrected chi connectivity index (χ1v) is 8.84. The van der Waals surface area contributed by atoms with E-state index in [2.05, 4.69) is 9.88 Å². The summed E-state index contributed by atoms with van der Waals surface area (Å²) in [5.74, 6) is -0.00798. The Morgan fingerprint density at radius 2 is 2.00 bits per heavy atom. The number of hydrogen-bond acceptors (Lipinski definition) is 5. The molecule has 1 N–H and O–H groups in total. The molecule has 0 saturated carbocycles. The Balaban J connectivity index is 1.83. The number of benzene rings is 1. The number of rotatable bonds is 1. The number of fused-ring (bicyclic) bond motifs is 2. The fourth-order valence-electron chi connectivity index (χ4n) is 4.63. The Morgan fingerprint density at radius 3 is 2.80 bits per heavy atom. The maximum atomic E-state index is 13.0. The molecule has 132 valence electrons. The smallest absolute Gasteiger partial charge is 0.261 e. The molecule has 2 aromatic rings. The van der Waals surface area contributed by atoms with E-state index in [1.54, 1.807) is 18.2 Å². The van der Waals surface area contributed by atoms with E-state index in [4.69, 9.17) is 0 Å². The topological polar surface area (TPSA) is 75.4 Å². The number of aliphatic hydroxyl groups excluding tert-OH is 1. The normalized spacial score (nSPS) is 29.6. The summed E-state index contributed by atoms with van der Waals surface area (Å²) in [5, 5.41) is 10.9. The van der Waals surface area contributed by atoms with Gasteiger partial charge in [-0.3, -0.25) is 19.1 Å². The highest BCUT2D eigenvalue weighted by molar-refractivity contribution is 5.86. The summed E-state index contributed by atoms with van der Waals surface area (Å²) in [5.41, 5.74) is -0.112. The summed E-state index contributed by atoms with van der Waals surface area (Å²) < 4.78 is 1.49. The number of para-hydroxylation sites is 1. The van der Waals surface area contributed by atoms with Crippen molar-refractivity contribution in [1.29, 1.82) is 0 Å². The molecule has 1 aromatic carbocycles. The van der Waals surface area contributed by atoms with Gasteiger partial charge in [0.25, 0.3) is 5.56 Å². The Morgan fingerprint density at radius 1 is 1.24 bits per heavy atom. The van der Waals surface area contributed by atoms with Crippen LogP contribution < -0.4 is 5.56 Å². The number of piperidine rings is 2. The molecule has 0 bridgehead atoms. The van der Waals surface area contributed by atoms with E-state index in [1.165, 1.54) is 10.9 Å². The highest BCUT2D eigenvalue weighted by atomic mass is 16.3. The highest BCUT2D eigenvalue weighted by Gasteiger charge is 2.51.